The van der Waals surface area contributed by atoms with Crippen molar-refractivity contribution in [3.63, 3.8) is 0 Å². The van der Waals surface area contributed by atoms with Crippen LogP contribution in [0.4, 0.5) is 5.69 Å². The lowest BCUT2D eigenvalue weighted by Crippen LogP contribution is -2.38. The van der Waals surface area contributed by atoms with Gasteiger partial charge < -0.3 is 15.0 Å². The second-order valence-corrected chi connectivity index (χ2v) is 6.73. The number of likely N-dealkylation sites (tertiary alicyclic amines) is 1. The standard InChI is InChI=1S/C22H23N3O2/c1-17-11-13-25(14-12-17)22(26)18(15-23)16-24-19-7-9-21(10-8-19)27-20-5-3-2-4-6-20/h2-10,16-17,24H,11-14H2,1H3/b18-16-. The summed E-state index contributed by atoms with van der Waals surface area (Å²) < 4.78 is 5.75. The van der Waals surface area contributed by atoms with E-state index in [1.54, 1.807) is 4.90 Å². The van der Waals surface area contributed by atoms with Crippen molar-refractivity contribution < 1.29 is 9.53 Å². The lowest BCUT2D eigenvalue weighted by molar-refractivity contribution is -0.128. The van der Waals surface area contributed by atoms with Crippen molar-refractivity contribution in [3.8, 4) is 17.6 Å². The van der Waals surface area contributed by atoms with Gasteiger partial charge in [-0.25, -0.2) is 0 Å². The van der Waals surface area contributed by atoms with Crippen molar-refractivity contribution in [2.75, 3.05) is 18.4 Å². The summed E-state index contributed by atoms with van der Waals surface area (Å²) in [5.41, 5.74) is 0.900. The monoisotopic (exact) mass is 361 g/mol. The van der Waals surface area contributed by atoms with Crippen molar-refractivity contribution in [2.45, 2.75) is 19.8 Å². The number of carbonyl (C=O) groups excluding carboxylic acids is 1. The molecule has 0 aromatic heterocycles. The van der Waals surface area contributed by atoms with Gasteiger partial charge in [-0.3, -0.25) is 4.79 Å². The number of hydrogen-bond acceptors (Lipinski definition) is 4. The Morgan fingerprint density at radius 1 is 1.11 bits per heavy atom. The molecule has 0 radical (unpaired) electrons. The molecule has 1 aliphatic heterocycles. The predicted molar refractivity (Wildman–Crippen MR) is 105 cm³/mol. The number of para-hydroxylation sites is 1. The number of rotatable bonds is 5. The molecule has 1 saturated heterocycles. The number of nitriles is 1. The van der Waals surface area contributed by atoms with Gasteiger partial charge in [0.25, 0.3) is 5.91 Å². The number of benzene rings is 2. The summed E-state index contributed by atoms with van der Waals surface area (Å²) in [4.78, 5) is 14.2. The van der Waals surface area contributed by atoms with E-state index < -0.39 is 0 Å². The summed E-state index contributed by atoms with van der Waals surface area (Å²) in [5.74, 6) is 1.92. The van der Waals surface area contributed by atoms with Gasteiger partial charge in [-0.05, 0) is 55.2 Å². The summed E-state index contributed by atoms with van der Waals surface area (Å²) >= 11 is 0. The molecule has 0 saturated carbocycles. The highest BCUT2D eigenvalue weighted by Gasteiger charge is 2.22. The van der Waals surface area contributed by atoms with E-state index >= 15 is 0 Å². The fraction of sp³-hybridized carbons (Fsp3) is 0.273. The van der Waals surface area contributed by atoms with Crippen LogP contribution in [0.15, 0.2) is 66.4 Å². The Labute approximate surface area is 159 Å². The van der Waals surface area contributed by atoms with Crippen LogP contribution in [0, 0.1) is 17.2 Å². The molecule has 2 aromatic rings. The third-order valence-electron chi connectivity index (χ3n) is 4.64. The number of carbonyl (C=O) groups is 1. The molecule has 1 fully saturated rings. The molecule has 0 spiro atoms. The average molecular weight is 361 g/mol. The van der Waals surface area contributed by atoms with Crippen LogP contribution < -0.4 is 10.1 Å². The molecule has 138 valence electrons. The normalized spacial score (nSPS) is 15.1. The van der Waals surface area contributed by atoms with E-state index in [-0.39, 0.29) is 11.5 Å². The van der Waals surface area contributed by atoms with Crippen LogP contribution in [0.3, 0.4) is 0 Å². The van der Waals surface area contributed by atoms with Gasteiger partial charge in [0.2, 0.25) is 0 Å². The molecule has 5 heteroatoms. The van der Waals surface area contributed by atoms with Crippen LogP contribution in [0.5, 0.6) is 11.5 Å². The molecule has 0 atom stereocenters. The first-order valence-corrected chi connectivity index (χ1v) is 9.15. The fourth-order valence-electron chi connectivity index (χ4n) is 2.92. The summed E-state index contributed by atoms with van der Waals surface area (Å²) in [5, 5.41) is 12.4. The molecular weight excluding hydrogens is 338 g/mol. The lowest BCUT2D eigenvalue weighted by Gasteiger charge is -2.30. The van der Waals surface area contributed by atoms with E-state index in [4.69, 9.17) is 4.74 Å². The first-order chi connectivity index (χ1) is 13.2. The molecule has 3 rings (SSSR count). The summed E-state index contributed by atoms with van der Waals surface area (Å²) in [6.07, 6.45) is 3.45. The zero-order valence-electron chi connectivity index (χ0n) is 15.4. The maximum absolute atomic E-state index is 12.5. The Hall–Kier alpha value is -3.26. The number of amides is 1. The van der Waals surface area contributed by atoms with E-state index in [0.717, 1.165) is 30.0 Å². The number of anilines is 1. The lowest BCUT2D eigenvalue weighted by atomic mass is 9.99. The van der Waals surface area contributed by atoms with Crippen LogP contribution in [0.2, 0.25) is 0 Å². The molecule has 0 aliphatic carbocycles. The van der Waals surface area contributed by atoms with Gasteiger partial charge in [0.15, 0.2) is 0 Å². The van der Waals surface area contributed by atoms with Crippen LogP contribution in [-0.4, -0.2) is 23.9 Å². The Balaban J connectivity index is 1.60. The average Bonchev–Trinajstić information content (AvgIpc) is 2.71. The fourth-order valence-corrected chi connectivity index (χ4v) is 2.92. The smallest absolute Gasteiger partial charge is 0.266 e. The van der Waals surface area contributed by atoms with E-state index in [0.29, 0.717) is 19.0 Å². The van der Waals surface area contributed by atoms with Gasteiger partial charge in [0.1, 0.15) is 23.1 Å². The Morgan fingerprint density at radius 3 is 2.37 bits per heavy atom. The quantitative estimate of drug-likeness (QED) is 0.626. The SMILES string of the molecule is CC1CCN(C(=O)/C(C#N)=C\Nc2ccc(Oc3ccccc3)cc2)CC1. The van der Waals surface area contributed by atoms with Gasteiger partial charge >= 0.3 is 0 Å². The van der Waals surface area contributed by atoms with Crippen molar-refractivity contribution in [1.29, 1.82) is 5.26 Å². The van der Waals surface area contributed by atoms with E-state index in [1.165, 1.54) is 6.20 Å². The molecule has 1 aliphatic rings. The maximum atomic E-state index is 12.5. The molecule has 27 heavy (non-hydrogen) atoms. The van der Waals surface area contributed by atoms with Crippen LogP contribution in [0.1, 0.15) is 19.8 Å². The van der Waals surface area contributed by atoms with Crippen molar-refractivity contribution in [3.05, 3.63) is 66.4 Å². The number of nitrogens with one attached hydrogen (secondary N) is 1. The molecule has 1 amide bonds. The largest absolute Gasteiger partial charge is 0.457 e. The van der Waals surface area contributed by atoms with E-state index in [9.17, 15) is 10.1 Å². The maximum Gasteiger partial charge on any atom is 0.266 e. The van der Waals surface area contributed by atoms with Crippen molar-refractivity contribution in [2.24, 2.45) is 5.92 Å². The molecular formula is C22H23N3O2. The molecule has 1 N–H and O–H groups in total. The number of piperidine rings is 1. The van der Waals surface area contributed by atoms with E-state index in [1.807, 2.05) is 60.7 Å². The van der Waals surface area contributed by atoms with Gasteiger partial charge in [-0.1, -0.05) is 25.1 Å². The van der Waals surface area contributed by atoms with Gasteiger partial charge in [-0.2, -0.15) is 5.26 Å². The van der Waals surface area contributed by atoms with Gasteiger partial charge in [0, 0.05) is 25.0 Å². The zero-order valence-corrected chi connectivity index (χ0v) is 15.4. The molecule has 0 unspecified atom stereocenters. The highest BCUT2D eigenvalue weighted by Crippen LogP contribution is 2.23. The Morgan fingerprint density at radius 2 is 1.74 bits per heavy atom. The summed E-state index contributed by atoms with van der Waals surface area (Å²) in [7, 11) is 0. The molecule has 1 heterocycles. The van der Waals surface area contributed by atoms with Crippen molar-refractivity contribution >= 4 is 11.6 Å². The molecule has 5 nitrogen and oxygen atoms in total. The number of ether oxygens (including phenoxy) is 1. The summed E-state index contributed by atoms with van der Waals surface area (Å²) in [6.45, 7) is 3.62. The highest BCUT2D eigenvalue weighted by atomic mass is 16.5. The first-order valence-electron chi connectivity index (χ1n) is 9.15. The first kappa shape index (κ1) is 18.5. The number of hydrogen-bond donors (Lipinski definition) is 1. The van der Waals surface area contributed by atoms with E-state index in [2.05, 4.69) is 12.2 Å². The van der Waals surface area contributed by atoms with Crippen LogP contribution in [0.25, 0.3) is 0 Å². The third kappa shape index (κ3) is 5.11. The third-order valence-corrected chi connectivity index (χ3v) is 4.64. The minimum atomic E-state index is -0.207. The topological polar surface area (TPSA) is 65.4 Å². The van der Waals surface area contributed by atoms with Gasteiger partial charge in [0.05, 0.1) is 0 Å². The molecule has 0 bridgehead atoms. The highest BCUT2D eigenvalue weighted by molar-refractivity contribution is 5.97. The predicted octanol–water partition coefficient (Wildman–Crippen LogP) is 4.56. The second-order valence-electron chi connectivity index (χ2n) is 6.73. The minimum absolute atomic E-state index is 0.120. The minimum Gasteiger partial charge on any atom is -0.457 e. The van der Waals surface area contributed by atoms with Gasteiger partial charge in [-0.15, -0.1) is 0 Å². The Kier molecular flexibility index (Phi) is 6.11. The zero-order chi connectivity index (χ0) is 19.1. The number of nitrogens with zero attached hydrogens (tertiary/aromatic N) is 2. The Bertz CT molecular complexity index is 830. The van der Waals surface area contributed by atoms with Crippen LogP contribution >= 0.6 is 0 Å². The molecule has 2 aromatic carbocycles. The van der Waals surface area contributed by atoms with Crippen molar-refractivity contribution in [1.82, 2.24) is 4.90 Å². The summed E-state index contributed by atoms with van der Waals surface area (Å²) in [6, 6.07) is 18.9. The van der Waals surface area contributed by atoms with Crippen LogP contribution in [-0.2, 0) is 4.79 Å². The second kappa shape index (κ2) is 8.91.